The number of nitrogens with two attached hydrogens (primary N) is 1. The van der Waals surface area contributed by atoms with Gasteiger partial charge >= 0.3 is 0 Å². The van der Waals surface area contributed by atoms with E-state index in [1.54, 1.807) is 38.4 Å². The van der Waals surface area contributed by atoms with Gasteiger partial charge in [0, 0.05) is 25.9 Å². The van der Waals surface area contributed by atoms with Crippen LogP contribution in [0.3, 0.4) is 0 Å². The summed E-state index contributed by atoms with van der Waals surface area (Å²) in [6, 6.07) is 6.65. The summed E-state index contributed by atoms with van der Waals surface area (Å²) in [5, 5.41) is 4.00. The molecule has 0 aliphatic carbocycles. The van der Waals surface area contributed by atoms with E-state index in [9.17, 15) is 8.42 Å². The van der Waals surface area contributed by atoms with Gasteiger partial charge in [-0.3, -0.25) is 9.40 Å². The Balaban J connectivity index is 2.40. The topological polar surface area (TPSA) is 90.0 Å². The first kappa shape index (κ1) is 13.6. The van der Waals surface area contributed by atoms with Gasteiger partial charge in [-0.15, -0.1) is 0 Å². The summed E-state index contributed by atoms with van der Waals surface area (Å²) in [4.78, 5) is 0.223. The highest BCUT2D eigenvalue weighted by molar-refractivity contribution is 7.92. The molecule has 7 heteroatoms. The Bertz CT molecular complexity index is 692. The van der Waals surface area contributed by atoms with Crippen molar-refractivity contribution in [2.45, 2.75) is 18.4 Å². The van der Waals surface area contributed by atoms with Crippen LogP contribution in [0.15, 0.2) is 35.4 Å². The number of rotatable bonds is 4. The Morgan fingerprint density at radius 2 is 2.11 bits per heavy atom. The smallest absolute Gasteiger partial charge is 0.263 e. The molecule has 2 aromatic rings. The van der Waals surface area contributed by atoms with Crippen molar-refractivity contribution in [1.82, 2.24) is 9.78 Å². The van der Waals surface area contributed by atoms with E-state index in [0.717, 1.165) is 5.56 Å². The first-order valence-electron chi connectivity index (χ1n) is 5.75. The van der Waals surface area contributed by atoms with Gasteiger partial charge in [-0.1, -0.05) is 12.1 Å². The van der Waals surface area contributed by atoms with E-state index >= 15 is 0 Å². The molecule has 0 unspecified atom stereocenters. The Hall–Kier alpha value is -1.86. The summed E-state index contributed by atoms with van der Waals surface area (Å²) < 4.78 is 28.6. The third kappa shape index (κ3) is 2.77. The van der Waals surface area contributed by atoms with E-state index in [1.165, 1.54) is 4.68 Å². The predicted molar refractivity (Wildman–Crippen MR) is 73.1 cm³/mol. The highest BCUT2D eigenvalue weighted by Crippen LogP contribution is 2.20. The van der Waals surface area contributed by atoms with E-state index in [1.807, 2.05) is 6.07 Å². The van der Waals surface area contributed by atoms with Gasteiger partial charge in [-0.25, -0.2) is 8.42 Å². The molecule has 6 nitrogen and oxygen atoms in total. The van der Waals surface area contributed by atoms with Crippen LogP contribution in [0.2, 0.25) is 0 Å². The summed E-state index contributed by atoms with van der Waals surface area (Å²) in [5.74, 6) is 0.292. The van der Waals surface area contributed by atoms with Gasteiger partial charge < -0.3 is 5.73 Å². The molecule has 0 saturated heterocycles. The number of anilines is 1. The molecule has 0 radical (unpaired) electrons. The second kappa shape index (κ2) is 5.02. The number of benzene rings is 1. The van der Waals surface area contributed by atoms with Crippen LogP contribution in [-0.2, 0) is 23.6 Å². The van der Waals surface area contributed by atoms with Gasteiger partial charge in [0.2, 0.25) is 0 Å². The number of aromatic nitrogens is 2. The molecular formula is C12H16N4O2S. The van der Waals surface area contributed by atoms with Crippen molar-refractivity contribution in [2.75, 3.05) is 4.72 Å². The minimum absolute atomic E-state index is 0.223. The molecule has 1 aromatic heterocycles. The van der Waals surface area contributed by atoms with E-state index in [-0.39, 0.29) is 4.90 Å². The van der Waals surface area contributed by atoms with Crippen LogP contribution in [0.25, 0.3) is 0 Å². The fourth-order valence-corrected chi connectivity index (χ4v) is 3.12. The zero-order chi connectivity index (χ0) is 14.0. The van der Waals surface area contributed by atoms with Crippen LogP contribution in [-0.4, -0.2) is 18.2 Å². The number of sulfonamides is 1. The molecule has 2 rings (SSSR count). The van der Waals surface area contributed by atoms with E-state index in [2.05, 4.69) is 9.82 Å². The van der Waals surface area contributed by atoms with Crippen LogP contribution in [0, 0.1) is 6.92 Å². The quantitative estimate of drug-likeness (QED) is 0.873. The average molecular weight is 280 g/mol. The van der Waals surface area contributed by atoms with Crippen LogP contribution in [0.5, 0.6) is 0 Å². The zero-order valence-electron chi connectivity index (χ0n) is 10.8. The molecule has 19 heavy (non-hydrogen) atoms. The molecule has 0 fully saturated rings. The second-order valence-corrected chi connectivity index (χ2v) is 5.88. The van der Waals surface area contributed by atoms with Crippen molar-refractivity contribution >= 4 is 15.8 Å². The number of aryl methyl sites for hydroxylation is 1. The van der Waals surface area contributed by atoms with E-state index < -0.39 is 10.0 Å². The SMILES string of the molecule is Cc1c(CN)cccc1S(=O)(=O)Nc1ccn(C)n1. The number of nitrogens with one attached hydrogen (secondary N) is 1. The van der Waals surface area contributed by atoms with Crippen LogP contribution in [0.1, 0.15) is 11.1 Å². The van der Waals surface area contributed by atoms with Crippen LogP contribution < -0.4 is 10.5 Å². The minimum atomic E-state index is -3.64. The Morgan fingerprint density at radius 3 is 2.68 bits per heavy atom. The summed E-state index contributed by atoms with van der Waals surface area (Å²) in [6.45, 7) is 2.05. The maximum absolute atomic E-state index is 12.3. The minimum Gasteiger partial charge on any atom is -0.326 e. The summed E-state index contributed by atoms with van der Waals surface area (Å²) in [5.41, 5.74) is 7.06. The van der Waals surface area contributed by atoms with Gasteiger partial charge in [0.15, 0.2) is 5.82 Å². The lowest BCUT2D eigenvalue weighted by Crippen LogP contribution is -2.16. The molecule has 102 valence electrons. The fourth-order valence-electron chi connectivity index (χ4n) is 1.83. The molecule has 0 bridgehead atoms. The first-order chi connectivity index (χ1) is 8.94. The zero-order valence-corrected chi connectivity index (χ0v) is 11.6. The molecule has 0 amide bonds. The molecule has 0 saturated carbocycles. The third-order valence-corrected chi connectivity index (χ3v) is 4.36. The average Bonchev–Trinajstić information content (AvgIpc) is 2.74. The van der Waals surface area contributed by atoms with Gasteiger partial charge in [0.1, 0.15) is 0 Å². The van der Waals surface area contributed by atoms with Crippen molar-refractivity contribution in [1.29, 1.82) is 0 Å². The van der Waals surface area contributed by atoms with Gasteiger partial charge in [0.25, 0.3) is 10.0 Å². The third-order valence-electron chi connectivity index (χ3n) is 2.86. The molecule has 0 aliphatic heterocycles. The lowest BCUT2D eigenvalue weighted by atomic mass is 10.1. The lowest BCUT2D eigenvalue weighted by Gasteiger charge is -2.11. The Morgan fingerprint density at radius 1 is 1.37 bits per heavy atom. The molecule has 0 atom stereocenters. The van der Waals surface area contributed by atoms with E-state index in [0.29, 0.717) is 17.9 Å². The first-order valence-corrected chi connectivity index (χ1v) is 7.23. The van der Waals surface area contributed by atoms with Crippen molar-refractivity contribution in [3.63, 3.8) is 0 Å². The number of hydrogen-bond donors (Lipinski definition) is 2. The fraction of sp³-hybridized carbons (Fsp3) is 0.250. The molecule has 0 spiro atoms. The largest absolute Gasteiger partial charge is 0.326 e. The standard InChI is InChI=1S/C12H16N4O2S/c1-9-10(8-13)4-3-5-11(9)19(17,18)15-12-6-7-16(2)14-12/h3-7H,8,13H2,1-2H3,(H,14,15). The molecule has 3 N–H and O–H groups in total. The van der Waals surface area contributed by atoms with Crippen LogP contribution in [0.4, 0.5) is 5.82 Å². The maximum atomic E-state index is 12.3. The Labute approximate surface area is 112 Å². The highest BCUT2D eigenvalue weighted by atomic mass is 32.2. The maximum Gasteiger partial charge on any atom is 0.263 e. The van der Waals surface area contributed by atoms with Crippen molar-refractivity contribution in [2.24, 2.45) is 12.8 Å². The molecule has 1 aromatic carbocycles. The molecule has 1 heterocycles. The number of hydrogen-bond acceptors (Lipinski definition) is 4. The second-order valence-electron chi connectivity index (χ2n) is 4.22. The summed E-state index contributed by atoms with van der Waals surface area (Å²) >= 11 is 0. The predicted octanol–water partition coefficient (Wildman–Crippen LogP) is 0.988. The van der Waals surface area contributed by atoms with Gasteiger partial charge in [-0.05, 0) is 24.1 Å². The highest BCUT2D eigenvalue weighted by Gasteiger charge is 2.19. The van der Waals surface area contributed by atoms with Crippen molar-refractivity contribution in [3.05, 3.63) is 41.6 Å². The van der Waals surface area contributed by atoms with Gasteiger partial charge in [0.05, 0.1) is 4.90 Å². The molecule has 0 aliphatic rings. The summed E-state index contributed by atoms with van der Waals surface area (Å²) in [6.07, 6.45) is 1.67. The van der Waals surface area contributed by atoms with Gasteiger partial charge in [-0.2, -0.15) is 5.10 Å². The summed E-state index contributed by atoms with van der Waals surface area (Å²) in [7, 11) is -1.92. The lowest BCUT2D eigenvalue weighted by molar-refractivity contribution is 0.600. The normalized spacial score (nSPS) is 11.5. The molecular weight excluding hydrogens is 264 g/mol. The van der Waals surface area contributed by atoms with Crippen molar-refractivity contribution in [3.8, 4) is 0 Å². The van der Waals surface area contributed by atoms with Crippen LogP contribution >= 0.6 is 0 Å². The van der Waals surface area contributed by atoms with E-state index in [4.69, 9.17) is 5.73 Å². The number of nitrogens with zero attached hydrogens (tertiary/aromatic N) is 2. The Kier molecular flexibility index (Phi) is 3.59. The monoisotopic (exact) mass is 280 g/mol. The van der Waals surface area contributed by atoms with Crippen molar-refractivity contribution < 1.29 is 8.42 Å².